The largest absolute Gasteiger partial charge is 0.495 e. The molecule has 0 bridgehead atoms. The van der Waals surface area contributed by atoms with Gasteiger partial charge in [-0.1, -0.05) is 23.2 Å². The van der Waals surface area contributed by atoms with Crippen molar-refractivity contribution in [3.05, 3.63) is 27.9 Å². The third-order valence-electron chi connectivity index (χ3n) is 5.98. The van der Waals surface area contributed by atoms with Crippen LogP contribution in [0.4, 0.5) is 27.0 Å². The first-order valence-electron chi connectivity index (χ1n) is 10.5. The van der Waals surface area contributed by atoms with Crippen LogP contribution in [-0.4, -0.2) is 72.5 Å². The molecule has 13 heteroatoms. The van der Waals surface area contributed by atoms with Crippen LogP contribution in [-0.2, 0) is 6.54 Å². The topological polar surface area (TPSA) is 120 Å². The minimum absolute atomic E-state index is 0.123. The van der Waals surface area contributed by atoms with Crippen molar-refractivity contribution >= 4 is 52.8 Å². The zero-order chi connectivity index (χ0) is 24.6. The lowest BCUT2D eigenvalue weighted by molar-refractivity contribution is 0.132. The van der Waals surface area contributed by atoms with Gasteiger partial charge in [0.1, 0.15) is 27.4 Å². The highest BCUT2D eigenvalue weighted by Gasteiger charge is 2.41. The Kier molecular flexibility index (Phi) is 6.76. The minimum atomic E-state index is -0.979. The summed E-state index contributed by atoms with van der Waals surface area (Å²) in [6.07, 6.45) is 1.57. The molecule has 1 fully saturated rings. The Morgan fingerprint density at radius 3 is 2.32 bits per heavy atom. The monoisotopic (exact) mass is 510 g/mol. The van der Waals surface area contributed by atoms with Crippen molar-refractivity contribution in [1.82, 2.24) is 14.9 Å². The van der Waals surface area contributed by atoms with E-state index in [0.29, 0.717) is 54.8 Å². The zero-order valence-corrected chi connectivity index (χ0v) is 20.4. The van der Waals surface area contributed by atoms with E-state index in [9.17, 15) is 14.7 Å². The lowest BCUT2D eigenvalue weighted by Crippen LogP contribution is -2.55. The average molecular weight is 511 g/mol. The molecular weight excluding hydrogens is 487 g/mol. The quantitative estimate of drug-likeness (QED) is 0.620. The summed E-state index contributed by atoms with van der Waals surface area (Å²) in [4.78, 5) is 38.5. The van der Waals surface area contributed by atoms with Crippen molar-refractivity contribution < 1.29 is 24.2 Å². The number of rotatable bonds is 5. The SMILES string of the molecule is CNc1ncc2c(n1)N(C1CCN(C(=O)O)CC1)C(=O)N(c1c(Cl)c(OC)cc(OC)c1Cl)C2. The normalized spacial score (nSPS) is 16.4. The fourth-order valence-electron chi connectivity index (χ4n) is 4.23. The summed E-state index contributed by atoms with van der Waals surface area (Å²) < 4.78 is 10.7. The van der Waals surface area contributed by atoms with E-state index < -0.39 is 6.09 Å². The van der Waals surface area contributed by atoms with Crippen molar-refractivity contribution in [1.29, 1.82) is 0 Å². The van der Waals surface area contributed by atoms with Crippen molar-refractivity contribution in [2.75, 3.05) is 49.5 Å². The smallest absolute Gasteiger partial charge is 0.407 e. The van der Waals surface area contributed by atoms with Crippen LogP contribution in [0.15, 0.2) is 12.3 Å². The molecule has 0 unspecified atom stereocenters. The van der Waals surface area contributed by atoms with Crippen molar-refractivity contribution in [2.45, 2.75) is 25.4 Å². The molecule has 1 aromatic carbocycles. The Labute approximate surface area is 206 Å². The molecule has 0 spiro atoms. The van der Waals surface area contributed by atoms with Crippen LogP contribution in [0.25, 0.3) is 0 Å². The number of aromatic nitrogens is 2. The van der Waals surface area contributed by atoms with Gasteiger partial charge < -0.3 is 24.8 Å². The van der Waals surface area contributed by atoms with E-state index in [0.717, 1.165) is 0 Å². The number of nitrogens with one attached hydrogen (secondary N) is 1. The molecule has 11 nitrogen and oxygen atoms in total. The molecule has 3 heterocycles. The molecule has 0 aliphatic carbocycles. The van der Waals surface area contributed by atoms with Crippen LogP contribution in [0, 0.1) is 0 Å². The van der Waals surface area contributed by atoms with E-state index in [2.05, 4.69) is 15.3 Å². The molecule has 34 heavy (non-hydrogen) atoms. The number of ether oxygens (including phenoxy) is 2. The second-order valence-electron chi connectivity index (χ2n) is 7.79. The number of carbonyl (C=O) groups excluding carboxylic acids is 1. The molecule has 2 N–H and O–H groups in total. The predicted octanol–water partition coefficient (Wildman–Crippen LogP) is 3.93. The number of anilines is 3. The molecule has 2 aromatic rings. The molecular formula is C21H24Cl2N6O5. The van der Waals surface area contributed by atoms with E-state index in [1.54, 1.807) is 24.2 Å². The van der Waals surface area contributed by atoms with Crippen LogP contribution < -0.4 is 24.6 Å². The fourth-order valence-corrected chi connectivity index (χ4v) is 4.93. The molecule has 1 saturated heterocycles. The van der Waals surface area contributed by atoms with Gasteiger partial charge >= 0.3 is 12.1 Å². The molecule has 0 saturated carbocycles. The fraction of sp³-hybridized carbons (Fsp3) is 0.429. The van der Waals surface area contributed by atoms with Gasteiger partial charge in [0.05, 0.1) is 26.5 Å². The maximum Gasteiger partial charge on any atom is 0.407 e. The number of urea groups is 1. The number of fused-ring (bicyclic) bond motifs is 1. The minimum Gasteiger partial charge on any atom is -0.495 e. The number of hydrogen-bond donors (Lipinski definition) is 2. The number of amides is 3. The van der Waals surface area contributed by atoms with Crippen LogP contribution in [0.5, 0.6) is 11.5 Å². The predicted molar refractivity (Wildman–Crippen MR) is 128 cm³/mol. The Bertz CT molecular complexity index is 1100. The van der Waals surface area contributed by atoms with Gasteiger partial charge in [-0.25, -0.2) is 14.6 Å². The Balaban J connectivity index is 1.81. The molecule has 2 aliphatic heterocycles. The van der Waals surface area contributed by atoms with Crippen molar-refractivity contribution in [3.63, 3.8) is 0 Å². The first-order valence-corrected chi connectivity index (χ1v) is 11.3. The third-order valence-corrected chi connectivity index (χ3v) is 6.71. The van der Waals surface area contributed by atoms with Gasteiger partial charge in [0.2, 0.25) is 5.95 Å². The number of carboxylic acid groups (broad SMARTS) is 1. The summed E-state index contributed by atoms with van der Waals surface area (Å²) in [5.41, 5.74) is 0.939. The number of nitrogens with zero attached hydrogens (tertiary/aromatic N) is 5. The number of likely N-dealkylation sites (tertiary alicyclic amines) is 1. The van der Waals surface area contributed by atoms with Gasteiger partial charge in [0.15, 0.2) is 0 Å². The summed E-state index contributed by atoms with van der Waals surface area (Å²) in [6, 6.07) is 0.883. The summed E-state index contributed by atoms with van der Waals surface area (Å²) >= 11 is 13.2. The summed E-state index contributed by atoms with van der Waals surface area (Å²) in [5, 5.41) is 12.5. The Hall–Kier alpha value is -3.18. The van der Waals surface area contributed by atoms with Gasteiger partial charge in [-0.15, -0.1) is 0 Å². The van der Waals surface area contributed by atoms with Gasteiger partial charge in [-0.3, -0.25) is 9.80 Å². The molecule has 0 radical (unpaired) electrons. The maximum atomic E-state index is 13.9. The highest BCUT2D eigenvalue weighted by molar-refractivity contribution is 6.42. The average Bonchev–Trinajstić information content (AvgIpc) is 2.84. The van der Waals surface area contributed by atoms with Crippen molar-refractivity contribution in [3.8, 4) is 11.5 Å². The molecule has 3 amide bonds. The first kappa shape index (κ1) is 24.0. The van der Waals surface area contributed by atoms with E-state index in [1.807, 2.05) is 0 Å². The van der Waals surface area contributed by atoms with Gasteiger partial charge in [0.25, 0.3) is 0 Å². The maximum absolute atomic E-state index is 13.9. The molecule has 1 aromatic heterocycles. The summed E-state index contributed by atoms with van der Waals surface area (Å²) in [5.74, 6) is 1.45. The Morgan fingerprint density at radius 2 is 1.79 bits per heavy atom. The van der Waals surface area contributed by atoms with E-state index in [1.165, 1.54) is 24.0 Å². The van der Waals surface area contributed by atoms with Crippen molar-refractivity contribution in [2.24, 2.45) is 0 Å². The number of carbonyl (C=O) groups is 2. The van der Waals surface area contributed by atoms with Gasteiger partial charge in [-0.2, -0.15) is 4.98 Å². The second-order valence-corrected chi connectivity index (χ2v) is 8.55. The molecule has 2 aliphatic rings. The number of halogens is 2. The zero-order valence-electron chi connectivity index (χ0n) is 18.8. The third kappa shape index (κ3) is 4.09. The lowest BCUT2D eigenvalue weighted by atomic mass is 10.0. The Morgan fingerprint density at radius 1 is 1.18 bits per heavy atom. The van der Waals surface area contributed by atoms with E-state index in [4.69, 9.17) is 32.7 Å². The number of methoxy groups -OCH3 is 2. The number of benzene rings is 1. The number of piperidine rings is 1. The summed E-state index contributed by atoms with van der Waals surface area (Å²) in [6.45, 7) is 0.730. The van der Waals surface area contributed by atoms with Crippen LogP contribution in [0.2, 0.25) is 10.0 Å². The second kappa shape index (κ2) is 9.59. The highest BCUT2D eigenvalue weighted by Crippen LogP contribution is 2.48. The lowest BCUT2D eigenvalue weighted by Gasteiger charge is -2.43. The van der Waals surface area contributed by atoms with Gasteiger partial charge in [0, 0.05) is 44.0 Å². The molecule has 4 rings (SSSR count). The van der Waals surface area contributed by atoms with Gasteiger partial charge in [-0.05, 0) is 12.8 Å². The first-order chi connectivity index (χ1) is 16.3. The standard InChI is InChI=1S/C21H24Cl2N6O5/c1-24-19-25-9-11-10-28(17-15(22)13(33-2)8-14(34-3)16(17)23)20(30)29(18(11)26-19)12-4-6-27(7-5-12)21(31)32/h8-9,12H,4-7,10H2,1-3H3,(H,31,32)(H,24,25,26). The molecule has 182 valence electrons. The highest BCUT2D eigenvalue weighted by atomic mass is 35.5. The van der Waals surface area contributed by atoms with E-state index in [-0.39, 0.29) is 34.4 Å². The van der Waals surface area contributed by atoms with Crippen LogP contribution >= 0.6 is 23.2 Å². The molecule has 0 atom stereocenters. The summed E-state index contributed by atoms with van der Waals surface area (Å²) in [7, 11) is 4.61. The van der Waals surface area contributed by atoms with E-state index >= 15 is 0 Å². The number of hydrogen-bond acceptors (Lipinski definition) is 7. The van der Waals surface area contributed by atoms with Crippen LogP contribution in [0.3, 0.4) is 0 Å². The van der Waals surface area contributed by atoms with Crippen LogP contribution in [0.1, 0.15) is 18.4 Å².